The number of aromatic amines is 1. The van der Waals surface area contributed by atoms with E-state index < -0.39 is 0 Å². The molecule has 2 heterocycles. The van der Waals surface area contributed by atoms with Gasteiger partial charge in [-0.25, -0.2) is 4.68 Å². The molecule has 4 rings (SSSR count). The number of fused-ring (bicyclic) bond motifs is 1. The number of amides is 1. The fourth-order valence-electron chi connectivity index (χ4n) is 3.71. The average molecular weight is 334 g/mol. The largest absolute Gasteiger partial charge is 0.357 e. The minimum atomic E-state index is -0.0676. The van der Waals surface area contributed by atoms with Gasteiger partial charge in [-0.2, -0.15) is 5.10 Å². The second kappa shape index (κ2) is 6.24. The molecule has 5 nitrogen and oxygen atoms in total. The van der Waals surface area contributed by atoms with Crippen LogP contribution in [0.5, 0.6) is 0 Å². The SMILES string of the molecule is Cc1cc(C)cc(-n2ncc3c2CCCC3NC(=O)c2ccc[nH]2)c1. The van der Waals surface area contributed by atoms with Gasteiger partial charge in [0.05, 0.1) is 17.9 Å². The van der Waals surface area contributed by atoms with Crippen LogP contribution in [0.1, 0.15) is 51.8 Å². The molecule has 128 valence electrons. The van der Waals surface area contributed by atoms with Crippen LogP contribution in [-0.4, -0.2) is 20.7 Å². The van der Waals surface area contributed by atoms with Crippen LogP contribution in [0.2, 0.25) is 0 Å². The predicted molar refractivity (Wildman–Crippen MR) is 97.0 cm³/mol. The second-order valence-corrected chi connectivity index (χ2v) is 6.81. The van der Waals surface area contributed by atoms with Crippen LogP contribution in [0.4, 0.5) is 0 Å². The van der Waals surface area contributed by atoms with E-state index >= 15 is 0 Å². The first kappa shape index (κ1) is 15.7. The zero-order chi connectivity index (χ0) is 17.4. The van der Waals surface area contributed by atoms with Gasteiger partial charge in [-0.05, 0) is 68.5 Å². The molecule has 0 saturated carbocycles. The molecule has 2 aromatic heterocycles. The lowest BCUT2D eigenvalue weighted by molar-refractivity contribution is 0.0928. The molecule has 5 heteroatoms. The lowest BCUT2D eigenvalue weighted by Crippen LogP contribution is -2.31. The van der Waals surface area contributed by atoms with E-state index in [-0.39, 0.29) is 11.9 Å². The number of H-pyrrole nitrogens is 1. The number of carbonyl (C=O) groups is 1. The number of aryl methyl sites for hydroxylation is 2. The maximum Gasteiger partial charge on any atom is 0.268 e. The highest BCUT2D eigenvalue weighted by molar-refractivity contribution is 5.92. The summed E-state index contributed by atoms with van der Waals surface area (Å²) in [6, 6.07) is 10.1. The first-order chi connectivity index (χ1) is 12.1. The lowest BCUT2D eigenvalue weighted by atomic mass is 9.92. The normalized spacial score (nSPS) is 16.5. The van der Waals surface area contributed by atoms with Crippen molar-refractivity contribution in [2.24, 2.45) is 0 Å². The Morgan fingerprint density at radius 2 is 2.08 bits per heavy atom. The molecular weight excluding hydrogens is 312 g/mol. The van der Waals surface area contributed by atoms with Crippen molar-refractivity contribution >= 4 is 5.91 Å². The van der Waals surface area contributed by atoms with Crippen LogP contribution in [0.15, 0.2) is 42.7 Å². The van der Waals surface area contributed by atoms with Crippen LogP contribution < -0.4 is 5.32 Å². The summed E-state index contributed by atoms with van der Waals surface area (Å²) in [6.07, 6.45) is 6.64. The Morgan fingerprint density at radius 1 is 1.28 bits per heavy atom. The molecule has 0 radical (unpaired) electrons. The Morgan fingerprint density at radius 3 is 2.80 bits per heavy atom. The summed E-state index contributed by atoms with van der Waals surface area (Å²) in [5, 5.41) is 7.77. The maximum atomic E-state index is 12.4. The molecule has 25 heavy (non-hydrogen) atoms. The number of benzene rings is 1. The molecule has 3 aromatic rings. The monoisotopic (exact) mass is 334 g/mol. The van der Waals surface area contributed by atoms with Crippen molar-refractivity contribution in [3.63, 3.8) is 0 Å². The number of aromatic nitrogens is 3. The molecule has 0 bridgehead atoms. The molecule has 0 spiro atoms. The van der Waals surface area contributed by atoms with Gasteiger partial charge in [-0.1, -0.05) is 6.07 Å². The van der Waals surface area contributed by atoms with Crippen LogP contribution in [0, 0.1) is 13.8 Å². The first-order valence-corrected chi connectivity index (χ1v) is 8.71. The topological polar surface area (TPSA) is 62.7 Å². The van der Waals surface area contributed by atoms with Gasteiger partial charge < -0.3 is 10.3 Å². The molecule has 1 aliphatic rings. The van der Waals surface area contributed by atoms with Crippen LogP contribution in [0.25, 0.3) is 5.69 Å². The summed E-state index contributed by atoms with van der Waals surface area (Å²) in [5.74, 6) is -0.0676. The highest BCUT2D eigenvalue weighted by Gasteiger charge is 2.26. The van der Waals surface area contributed by atoms with Gasteiger partial charge in [0.1, 0.15) is 5.69 Å². The van der Waals surface area contributed by atoms with Crippen molar-refractivity contribution in [1.29, 1.82) is 0 Å². The lowest BCUT2D eigenvalue weighted by Gasteiger charge is -2.24. The Bertz CT molecular complexity index is 888. The third kappa shape index (κ3) is 2.97. The van der Waals surface area contributed by atoms with Gasteiger partial charge in [-0.15, -0.1) is 0 Å². The van der Waals surface area contributed by atoms with E-state index in [0.717, 1.165) is 30.5 Å². The molecule has 1 aromatic carbocycles. The van der Waals surface area contributed by atoms with Crippen molar-refractivity contribution in [2.45, 2.75) is 39.2 Å². The third-order valence-electron chi connectivity index (χ3n) is 4.78. The van der Waals surface area contributed by atoms with Crippen molar-refractivity contribution in [1.82, 2.24) is 20.1 Å². The van der Waals surface area contributed by atoms with Crippen LogP contribution in [-0.2, 0) is 6.42 Å². The Labute approximate surface area is 147 Å². The summed E-state index contributed by atoms with van der Waals surface area (Å²) >= 11 is 0. The molecule has 1 atom stereocenters. The van der Waals surface area contributed by atoms with Gasteiger partial charge in [0.15, 0.2) is 0 Å². The summed E-state index contributed by atoms with van der Waals surface area (Å²) in [4.78, 5) is 15.3. The van der Waals surface area contributed by atoms with Crippen molar-refractivity contribution in [3.8, 4) is 5.69 Å². The van der Waals surface area contributed by atoms with Gasteiger partial charge in [0.25, 0.3) is 5.91 Å². The quantitative estimate of drug-likeness (QED) is 0.768. The molecule has 1 aliphatic carbocycles. The smallest absolute Gasteiger partial charge is 0.268 e. The molecule has 1 unspecified atom stereocenters. The number of hydrogen-bond acceptors (Lipinski definition) is 2. The number of rotatable bonds is 3. The number of nitrogens with one attached hydrogen (secondary N) is 2. The fraction of sp³-hybridized carbons (Fsp3) is 0.300. The summed E-state index contributed by atoms with van der Waals surface area (Å²) < 4.78 is 2.03. The summed E-state index contributed by atoms with van der Waals surface area (Å²) in [5.41, 5.74) is 6.47. The van der Waals surface area contributed by atoms with Crippen LogP contribution in [0.3, 0.4) is 0 Å². The molecular formula is C20H22N4O. The van der Waals surface area contributed by atoms with E-state index in [4.69, 9.17) is 0 Å². The van der Waals surface area contributed by atoms with E-state index in [9.17, 15) is 4.79 Å². The minimum Gasteiger partial charge on any atom is -0.357 e. The second-order valence-electron chi connectivity index (χ2n) is 6.81. The third-order valence-corrected chi connectivity index (χ3v) is 4.78. The van der Waals surface area contributed by atoms with Crippen molar-refractivity contribution < 1.29 is 4.79 Å². The van der Waals surface area contributed by atoms with Gasteiger partial charge in [-0.3, -0.25) is 4.79 Å². The summed E-state index contributed by atoms with van der Waals surface area (Å²) in [6.45, 7) is 4.21. The Balaban J connectivity index is 1.65. The zero-order valence-corrected chi connectivity index (χ0v) is 14.5. The van der Waals surface area contributed by atoms with E-state index in [1.165, 1.54) is 16.8 Å². The summed E-state index contributed by atoms with van der Waals surface area (Å²) in [7, 11) is 0. The molecule has 2 N–H and O–H groups in total. The molecule has 1 amide bonds. The van der Waals surface area contributed by atoms with Crippen LogP contribution >= 0.6 is 0 Å². The zero-order valence-electron chi connectivity index (χ0n) is 14.5. The number of nitrogens with zero attached hydrogens (tertiary/aromatic N) is 2. The minimum absolute atomic E-state index is 0.0132. The highest BCUT2D eigenvalue weighted by Crippen LogP contribution is 2.31. The Kier molecular flexibility index (Phi) is 3.92. The molecule has 0 fully saturated rings. The first-order valence-electron chi connectivity index (χ1n) is 8.71. The number of hydrogen-bond donors (Lipinski definition) is 2. The Hall–Kier alpha value is -2.82. The van der Waals surface area contributed by atoms with Gasteiger partial charge >= 0.3 is 0 Å². The van der Waals surface area contributed by atoms with Gasteiger partial charge in [0, 0.05) is 17.5 Å². The van der Waals surface area contributed by atoms with E-state index in [1.54, 1.807) is 12.3 Å². The maximum absolute atomic E-state index is 12.4. The van der Waals surface area contributed by atoms with E-state index in [1.807, 2.05) is 16.9 Å². The molecule has 0 aliphatic heterocycles. The van der Waals surface area contributed by atoms with Gasteiger partial charge in [0.2, 0.25) is 0 Å². The molecule has 0 saturated heterocycles. The van der Waals surface area contributed by atoms with Crippen molar-refractivity contribution in [2.75, 3.05) is 0 Å². The fourth-order valence-corrected chi connectivity index (χ4v) is 3.71. The van der Waals surface area contributed by atoms with E-state index in [2.05, 4.69) is 47.4 Å². The average Bonchev–Trinajstić information content (AvgIpc) is 3.24. The standard InChI is InChI=1S/C20H22N4O/c1-13-9-14(2)11-15(10-13)24-19-7-3-5-17(16(19)12-22-24)23-20(25)18-6-4-8-21-18/h4,6,8-12,17,21H,3,5,7H2,1-2H3,(H,23,25). The number of carbonyl (C=O) groups excluding carboxylic acids is 1. The highest BCUT2D eigenvalue weighted by atomic mass is 16.1. The predicted octanol–water partition coefficient (Wildman–Crippen LogP) is 3.62. The van der Waals surface area contributed by atoms with Crippen molar-refractivity contribution in [3.05, 3.63) is 70.8 Å². The van der Waals surface area contributed by atoms with E-state index in [0.29, 0.717) is 5.69 Å².